The molecule has 0 aliphatic rings. The minimum atomic E-state index is -0.872. The zero-order valence-corrected chi connectivity index (χ0v) is 9.01. The van der Waals surface area contributed by atoms with Crippen LogP contribution in [0.25, 0.3) is 0 Å². The largest absolute Gasteiger partial charge is 0.481 e. The minimum absolute atomic E-state index is 0.0175. The van der Waals surface area contributed by atoms with Crippen molar-refractivity contribution in [3.8, 4) is 0 Å². The van der Waals surface area contributed by atoms with Gasteiger partial charge in [0, 0.05) is 19.3 Å². The molecule has 5 nitrogen and oxygen atoms in total. The average Bonchev–Trinajstić information content (AvgIpc) is 2.25. The third-order valence-corrected chi connectivity index (χ3v) is 2.24. The number of nitrogens with zero attached hydrogens (tertiary/aromatic N) is 1. The lowest BCUT2D eigenvalue weighted by Gasteiger charge is -2.20. The predicted molar refractivity (Wildman–Crippen MR) is 60.5 cm³/mol. The summed E-state index contributed by atoms with van der Waals surface area (Å²) in [6.45, 7) is 0.333. The van der Waals surface area contributed by atoms with E-state index in [2.05, 4.69) is 0 Å². The number of benzene rings is 1. The van der Waals surface area contributed by atoms with E-state index in [0.29, 0.717) is 17.8 Å². The highest BCUT2D eigenvalue weighted by molar-refractivity contribution is 5.98. The minimum Gasteiger partial charge on any atom is -0.481 e. The van der Waals surface area contributed by atoms with Crippen molar-refractivity contribution < 1.29 is 14.7 Å². The lowest BCUT2D eigenvalue weighted by molar-refractivity contribution is -0.136. The fourth-order valence-electron chi connectivity index (χ4n) is 1.40. The van der Waals surface area contributed by atoms with Crippen LogP contribution in [0.1, 0.15) is 16.8 Å². The van der Waals surface area contributed by atoms with Gasteiger partial charge in [-0.3, -0.25) is 9.59 Å². The molecule has 5 heteroatoms. The Morgan fingerprint density at radius 1 is 1.38 bits per heavy atom. The highest BCUT2D eigenvalue weighted by atomic mass is 16.4. The highest BCUT2D eigenvalue weighted by Gasteiger charge is 2.11. The third-order valence-electron chi connectivity index (χ3n) is 2.24. The molecule has 1 aromatic rings. The van der Waals surface area contributed by atoms with E-state index in [4.69, 9.17) is 10.8 Å². The van der Waals surface area contributed by atoms with Crippen molar-refractivity contribution in [2.45, 2.75) is 6.42 Å². The van der Waals surface area contributed by atoms with Crippen LogP contribution in [0.15, 0.2) is 24.3 Å². The fourth-order valence-corrected chi connectivity index (χ4v) is 1.40. The summed E-state index contributed by atoms with van der Waals surface area (Å²) in [5.41, 5.74) is 6.27. The molecule has 0 saturated carbocycles. The number of carboxylic acid groups (broad SMARTS) is 1. The number of carbonyl (C=O) groups excluding carboxylic acids is 1. The molecule has 0 heterocycles. The highest BCUT2D eigenvalue weighted by Crippen LogP contribution is 2.18. The summed E-state index contributed by atoms with van der Waals surface area (Å²) in [6.07, 6.45) is 0.0175. The number of hydrogen-bond donors (Lipinski definition) is 2. The van der Waals surface area contributed by atoms with Gasteiger partial charge in [-0.05, 0) is 12.1 Å². The topological polar surface area (TPSA) is 83.6 Å². The van der Waals surface area contributed by atoms with Gasteiger partial charge in [-0.15, -0.1) is 0 Å². The van der Waals surface area contributed by atoms with Crippen molar-refractivity contribution >= 4 is 17.6 Å². The van der Waals surface area contributed by atoms with Crippen molar-refractivity contribution in [3.63, 3.8) is 0 Å². The van der Waals surface area contributed by atoms with Gasteiger partial charge in [0.05, 0.1) is 12.0 Å². The molecule has 16 heavy (non-hydrogen) atoms. The monoisotopic (exact) mass is 222 g/mol. The molecule has 0 aliphatic heterocycles. The second-order valence-electron chi connectivity index (χ2n) is 3.45. The molecule has 0 bridgehead atoms. The van der Waals surface area contributed by atoms with Gasteiger partial charge in [0.25, 0.3) is 5.91 Å². The van der Waals surface area contributed by atoms with Crippen molar-refractivity contribution in [2.75, 3.05) is 18.5 Å². The van der Waals surface area contributed by atoms with Gasteiger partial charge in [0.1, 0.15) is 0 Å². The number of primary amides is 1. The number of anilines is 1. The number of amides is 1. The zero-order chi connectivity index (χ0) is 12.1. The Hall–Kier alpha value is -2.04. The van der Waals surface area contributed by atoms with E-state index in [1.807, 2.05) is 0 Å². The van der Waals surface area contributed by atoms with E-state index < -0.39 is 11.9 Å². The van der Waals surface area contributed by atoms with Crippen molar-refractivity contribution in [1.82, 2.24) is 0 Å². The Balaban J connectivity index is 2.85. The molecular weight excluding hydrogens is 208 g/mol. The van der Waals surface area contributed by atoms with Crippen LogP contribution in [0.4, 0.5) is 5.69 Å². The zero-order valence-electron chi connectivity index (χ0n) is 9.01. The summed E-state index contributed by atoms with van der Waals surface area (Å²) in [5.74, 6) is -1.39. The number of carbonyl (C=O) groups is 2. The molecule has 1 aromatic carbocycles. The molecule has 0 radical (unpaired) electrons. The number of carboxylic acids is 1. The molecule has 0 saturated heterocycles. The van der Waals surface area contributed by atoms with E-state index in [0.717, 1.165) is 0 Å². The molecule has 0 unspecified atom stereocenters. The first-order valence-corrected chi connectivity index (χ1v) is 4.84. The van der Waals surface area contributed by atoms with Gasteiger partial charge in [0.15, 0.2) is 0 Å². The molecule has 1 amide bonds. The Morgan fingerprint density at radius 2 is 2.00 bits per heavy atom. The van der Waals surface area contributed by atoms with Gasteiger partial charge >= 0.3 is 5.97 Å². The van der Waals surface area contributed by atoms with Gasteiger partial charge in [-0.25, -0.2) is 0 Å². The van der Waals surface area contributed by atoms with Gasteiger partial charge in [0.2, 0.25) is 0 Å². The summed E-state index contributed by atoms with van der Waals surface area (Å²) in [5, 5.41) is 8.57. The Morgan fingerprint density at radius 3 is 2.56 bits per heavy atom. The molecule has 0 spiro atoms. The summed E-state index contributed by atoms with van der Waals surface area (Å²) < 4.78 is 0. The molecule has 0 fully saturated rings. The van der Waals surface area contributed by atoms with E-state index in [1.165, 1.54) is 0 Å². The molecule has 0 aromatic heterocycles. The number of rotatable bonds is 5. The van der Waals surface area contributed by atoms with E-state index in [1.54, 1.807) is 36.2 Å². The van der Waals surface area contributed by atoms with Crippen LogP contribution < -0.4 is 10.6 Å². The first kappa shape index (κ1) is 12.0. The van der Waals surface area contributed by atoms with Crippen molar-refractivity contribution in [1.29, 1.82) is 0 Å². The van der Waals surface area contributed by atoms with E-state index >= 15 is 0 Å². The van der Waals surface area contributed by atoms with Crippen molar-refractivity contribution in [3.05, 3.63) is 29.8 Å². The maximum absolute atomic E-state index is 11.1. The normalized spacial score (nSPS) is 9.81. The smallest absolute Gasteiger partial charge is 0.305 e. The SMILES string of the molecule is CN(CCC(=O)O)c1ccccc1C(N)=O. The van der Waals surface area contributed by atoms with Gasteiger partial charge < -0.3 is 15.7 Å². The van der Waals surface area contributed by atoms with Crippen LogP contribution >= 0.6 is 0 Å². The summed E-state index contributed by atoms with van der Waals surface area (Å²) in [6, 6.07) is 6.85. The number of para-hydroxylation sites is 1. The molecule has 1 rings (SSSR count). The second kappa shape index (κ2) is 5.16. The number of aliphatic carboxylic acids is 1. The maximum Gasteiger partial charge on any atom is 0.305 e. The number of hydrogen-bond acceptors (Lipinski definition) is 3. The van der Waals surface area contributed by atoms with Crippen LogP contribution in [0, 0.1) is 0 Å². The van der Waals surface area contributed by atoms with Crippen LogP contribution in [-0.2, 0) is 4.79 Å². The first-order valence-electron chi connectivity index (χ1n) is 4.84. The summed E-state index contributed by atoms with van der Waals surface area (Å²) >= 11 is 0. The Bertz CT molecular complexity index is 404. The van der Waals surface area contributed by atoms with Gasteiger partial charge in [-0.1, -0.05) is 12.1 Å². The fraction of sp³-hybridized carbons (Fsp3) is 0.273. The van der Waals surface area contributed by atoms with E-state index in [9.17, 15) is 9.59 Å². The van der Waals surface area contributed by atoms with Crippen molar-refractivity contribution in [2.24, 2.45) is 5.73 Å². The van der Waals surface area contributed by atoms with Crippen LogP contribution in [0.2, 0.25) is 0 Å². The summed E-state index contributed by atoms with van der Waals surface area (Å²) in [4.78, 5) is 23.3. The Labute approximate surface area is 93.5 Å². The van der Waals surface area contributed by atoms with Crippen LogP contribution in [0.5, 0.6) is 0 Å². The van der Waals surface area contributed by atoms with Crippen LogP contribution in [0.3, 0.4) is 0 Å². The Kier molecular flexibility index (Phi) is 3.88. The molecule has 0 aliphatic carbocycles. The second-order valence-corrected chi connectivity index (χ2v) is 3.45. The molecular formula is C11H14N2O3. The van der Waals surface area contributed by atoms with Gasteiger partial charge in [-0.2, -0.15) is 0 Å². The quantitative estimate of drug-likeness (QED) is 0.768. The molecule has 3 N–H and O–H groups in total. The molecule has 86 valence electrons. The number of nitrogens with two attached hydrogens (primary N) is 1. The standard InChI is InChI=1S/C11H14N2O3/c1-13(7-6-10(14)15)9-5-3-2-4-8(9)11(12)16/h2-5H,6-7H2,1H3,(H2,12,16)(H,14,15). The maximum atomic E-state index is 11.1. The third kappa shape index (κ3) is 2.98. The lowest BCUT2D eigenvalue weighted by Crippen LogP contribution is -2.24. The predicted octanol–water partition coefficient (Wildman–Crippen LogP) is 0.696. The molecule has 0 atom stereocenters. The van der Waals surface area contributed by atoms with E-state index in [-0.39, 0.29) is 6.42 Å². The lowest BCUT2D eigenvalue weighted by atomic mass is 10.1. The summed E-state index contributed by atoms with van der Waals surface area (Å²) in [7, 11) is 1.73. The first-order chi connectivity index (χ1) is 7.52. The average molecular weight is 222 g/mol. The van der Waals surface area contributed by atoms with Crippen LogP contribution in [-0.4, -0.2) is 30.6 Å².